The van der Waals surface area contributed by atoms with Crippen LogP contribution in [-0.4, -0.2) is 16.0 Å². The van der Waals surface area contributed by atoms with Crippen molar-refractivity contribution in [3.05, 3.63) is 88.6 Å². The van der Waals surface area contributed by atoms with Crippen LogP contribution in [0.1, 0.15) is 21.5 Å². The zero-order valence-electron chi connectivity index (χ0n) is 12.2. The van der Waals surface area contributed by atoms with Crippen molar-refractivity contribution in [2.24, 2.45) is 0 Å². The number of benzene rings is 2. The minimum atomic E-state index is -0.141. The van der Waals surface area contributed by atoms with Gasteiger partial charge < -0.3 is 5.32 Å². The number of halogens is 1. The molecule has 1 N–H and O–H groups in total. The van der Waals surface area contributed by atoms with Crippen molar-refractivity contribution in [3.63, 3.8) is 0 Å². The Morgan fingerprint density at radius 2 is 1.61 bits per heavy atom. The van der Waals surface area contributed by atoms with Crippen LogP contribution < -0.4 is 5.32 Å². The Balaban J connectivity index is 1.87. The molecule has 0 amide bonds. The van der Waals surface area contributed by atoms with Crippen LogP contribution in [-0.2, 0) is 6.54 Å². The molecule has 2 aromatic carbocycles. The van der Waals surface area contributed by atoms with Crippen molar-refractivity contribution in [1.82, 2.24) is 10.2 Å². The standard InChI is InChI=1S/C18H14ClN3O/c19-16-11-15(17(23)14-9-5-2-6-10-14)18(22-21-16)20-12-13-7-3-1-4-8-13/h1-11H,12H2,(H,20,22). The fourth-order valence-corrected chi connectivity index (χ4v) is 2.35. The molecule has 1 aromatic heterocycles. The molecular formula is C18H14ClN3O. The first-order valence-corrected chi connectivity index (χ1v) is 7.52. The van der Waals surface area contributed by atoms with E-state index in [1.54, 1.807) is 12.1 Å². The van der Waals surface area contributed by atoms with Gasteiger partial charge in [-0.1, -0.05) is 72.3 Å². The summed E-state index contributed by atoms with van der Waals surface area (Å²) in [6.07, 6.45) is 0. The second-order valence-corrected chi connectivity index (χ2v) is 5.35. The number of anilines is 1. The molecule has 0 bridgehead atoms. The highest BCUT2D eigenvalue weighted by Gasteiger charge is 2.16. The smallest absolute Gasteiger partial charge is 0.196 e. The Labute approximate surface area is 139 Å². The molecule has 0 aliphatic heterocycles. The van der Waals surface area contributed by atoms with Gasteiger partial charge in [-0.25, -0.2) is 0 Å². The maximum atomic E-state index is 12.7. The average molecular weight is 324 g/mol. The van der Waals surface area contributed by atoms with Gasteiger partial charge in [0, 0.05) is 12.1 Å². The average Bonchev–Trinajstić information content (AvgIpc) is 2.61. The van der Waals surface area contributed by atoms with E-state index in [0.717, 1.165) is 5.56 Å². The van der Waals surface area contributed by atoms with Gasteiger partial charge in [-0.15, -0.1) is 10.2 Å². The van der Waals surface area contributed by atoms with Crippen LogP contribution in [0.4, 0.5) is 5.82 Å². The molecule has 0 radical (unpaired) electrons. The van der Waals surface area contributed by atoms with Gasteiger partial charge in [0.1, 0.15) is 0 Å². The fourth-order valence-electron chi connectivity index (χ4n) is 2.20. The SMILES string of the molecule is O=C(c1ccccc1)c1cc(Cl)nnc1NCc1ccccc1. The summed E-state index contributed by atoms with van der Waals surface area (Å²) in [5.74, 6) is 0.282. The first kappa shape index (κ1) is 15.2. The first-order valence-electron chi connectivity index (χ1n) is 7.15. The molecule has 4 nitrogen and oxygen atoms in total. The van der Waals surface area contributed by atoms with E-state index < -0.39 is 0 Å². The van der Waals surface area contributed by atoms with Crippen molar-refractivity contribution >= 4 is 23.2 Å². The Morgan fingerprint density at radius 1 is 0.957 bits per heavy atom. The van der Waals surface area contributed by atoms with E-state index in [1.165, 1.54) is 6.07 Å². The largest absolute Gasteiger partial charge is 0.364 e. The third-order valence-electron chi connectivity index (χ3n) is 3.35. The van der Waals surface area contributed by atoms with Crippen LogP contribution in [0.5, 0.6) is 0 Å². The van der Waals surface area contributed by atoms with Gasteiger partial charge in [-0.05, 0) is 11.6 Å². The van der Waals surface area contributed by atoms with Gasteiger partial charge in [0.2, 0.25) is 0 Å². The number of ketones is 1. The monoisotopic (exact) mass is 323 g/mol. The van der Waals surface area contributed by atoms with E-state index in [9.17, 15) is 4.79 Å². The zero-order chi connectivity index (χ0) is 16.1. The first-order chi connectivity index (χ1) is 11.2. The lowest BCUT2D eigenvalue weighted by Gasteiger charge is -2.10. The number of aromatic nitrogens is 2. The lowest BCUT2D eigenvalue weighted by molar-refractivity contribution is 0.103. The van der Waals surface area contributed by atoms with Crippen molar-refractivity contribution in [1.29, 1.82) is 0 Å². The Kier molecular flexibility index (Phi) is 4.64. The molecule has 0 fully saturated rings. The van der Waals surface area contributed by atoms with Crippen LogP contribution in [0.15, 0.2) is 66.7 Å². The Hall–Kier alpha value is -2.72. The van der Waals surface area contributed by atoms with Crippen LogP contribution >= 0.6 is 11.6 Å². The summed E-state index contributed by atoms with van der Waals surface area (Å²) in [6, 6.07) is 20.4. The molecule has 0 aliphatic rings. The number of hydrogen-bond donors (Lipinski definition) is 1. The van der Waals surface area contributed by atoms with Crippen LogP contribution in [0.25, 0.3) is 0 Å². The fraction of sp³-hybridized carbons (Fsp3) is 0.0556. The molecular weight excluding hydrogens is 310 g/mol. The molecule has 0 unspecified atom stereocenters. The maximum absolute atomic E-state index is 12.7. The Bertz CT molecular complexity index is 807. The highest BCUT2D eigenvalue weighted by molar-refractivity contribution is 6.30. The van der Waals surface area contributed by atoms with E-state index >= 15 is 0 Å². The zero-order valence-corrected chi connectivity index (χ0v) is 13.0. The second kappa shape index (κ2) is 7.03. The molecule has 3 rings (SSSR count). The van der Waals surface area contributed by atoms with Gasteiger partial charge in [-0.2, -0.15) is 0 Å². The minimum absolute atomic E-state index is 0.141. The van der Waals surface area contributed by atoms with E-state index in [0.29, 0.717) is 23.5 Å². The number of hydrogen-bond acceptors (Lipinski definition) is 4. The number of nitrogens with zero attached hydrogens (tertiary/aromatic N) is 2. The molecule has 0 aliphatic carbocycles. The van der Waals surface area contributed by atoms with E-state index in [-0.39, 0.29) is 10.9 Å². The predicted molar refractivity (Wildman–Crippen MR) is 90.7 cm³/mol. The maximum Gasteiger partial charge on any atom is 0.196 e. The summed E-state index contributed by atoms with van der Waals surface area (Å²) >= 11 is 5.91. The highest BCUT2D eigenvalue weighted by Crippen LogP contribution is 2.20. The normalized spacial score (nSPS) is 10.3. The van der Waals surface area contributed by atoms with Crippen LogP contribution in [0.2, 0.25) is 5.15 Å². The third-order valence-corrected chi connectivity index (χ3v) is 3.53. The summed E-state index contributed by atoms with van der Waals surface area (Å²) in [7, 11) is 0. The number of carbonyl (C=O) groups is 1. The van der Waals surface area contributed by atoms with Crippen molar-refractivity contribution in [2.75, 3.05) is 5.32 Å². The molecule has 1 heterocycles. The van der Waals surface area contributed by atoms with Gasteiger partial charge in [0.25, 0.3) is 0 Å². The molecule has 3 aromatic rings. The molecule has 114 valence electrons. The molecule has 5 heteroatoms. The molecule has 0 spiro atoms. The number of nitrogens with one attached hydrogen (secondary N) is 1. The van der Waals surface area contributed by atoms with E-state index in [4.69, 9.17) is 11.6 Å². The lowest BCUT2D eigenvalue weighted by Crippen LogP contribution is -2.11. The highest BCUT2D eigenvalue weighted by atomic mass is 35.5. The van der Waals surface area contributed by atoms with Crippen molar-refractivity contribution in [3.8, 4) is 0 Å². The van der Waals surface area contributed by atoms with Gasteiger partial charge in [-0.3, -0.25) is 4.79 Å². The molecule has 0 saturated heterocycles. The molecule has 0 saturated carbocycles. The minimum Gasteiger partial charge on any atom is -0.364 e. The third kappa shape index (κ3) is 3.73. The predicted octanol–water partition coefficient (Wildman–Crippen LogP) is 3.97. The van der Waals surface area contributed by atoms with E-state index in [2.05, 4.69) is 15.5 Å². The van der Waals surface area contributed by atoms with Gasteiger partial charge in [0.05, 0.1) is 5.56 Å². The van der Waals surface area contributed by atoms with Crippen molar-refractivity contribution < 1.29 is 4.79 Å². The second-order valence-electron chi connectivity index (χ2n) is 4.96. The molecule has 23 heavy (non-hydrogen) atoms. The van der Waals surface area contributed by atoms with Gasteiger partial charge >= 0.3 is 0 Å². The van der Waals surface area contributed by atoms with Crippen molar-refractivity contribution in [2.45, 2.75) is 6.54 Å². The van der Waals surface area contributed by atoms with Gasteiger partial charge in [0.15, 0.2) is 16.8 Å². The Morgan fingerprint density at radius 3 is 2.30 bits per heavy atom. The summed E-state index contributed by atoms with van der Waals surface area (Å²) < 4.78 is 0. The molecule has 0 atom stereocenters. The van der Waals surface area contributed by atoms with Crippen LogP contribution in [0.3, 0.4) is 0 Å². The summed E-state index contributed by atoms with van der Waals surface area (Å²) in [5.41, 5.74) is 2.08. The van der Waals surface area contributed by atoms with E-state index in [1.807, 2.05) is 48.5 Å². The quantitative estimate of drug-likeness (QED) is 0.722. The lowest BCUT2D eigenvalue weighted by atomic mass is 10.0. The summed E-state index contributed by atoms with van der Waals surface area (Å²) in [6.45, 7) is 0.548. The summed E-state index contributed by atoms with van der Waals surface area (Å²) in [4.78, 5) is 12.7. The summed E-state index contributed by atoms with van der Waals surface area (Å²) in [5, 5.41) is 11.2. The topological polar surface area (TPSA) is 54.9 Å². The number of rotatable bonds is 5. The van der Waals surface area contributed by atoms with Crippen LogP contribution in [0, 0.1) is 0 Å². The number of carbonyl (C=O) groups excluding carboxylic acids is 1.